The lowest BCUT2D eigenvalue weighted by Gasteiger charge is -2.03. The fourth-order valence-corrected chi connectivity index (χ4v) is 1.51. The van der Waals surface area contributed by atoms with Crippen LogP contribution >= 0.6 is 0 Å². The molecule has 1 aromatic heterocycles. The maximum atomic E-state index is 11.4. The average molecular weight is 216 g/mol. The predicted molar refractivity (Wildman–Crippen MR) is 61.7 cm³/mol. The van der Waals surface area contributed by atoms with Gasteiger partial charge in [0, 0.05) is 24.1 Å². The first kappa shape index (κ1) is 10.4. The molecule has 0 aliphatic heterocycles. The number of pyridine rings is 1. The van der Waals surface area contributed by atoms with E-state index in [1.54, 1.807) is 32.4 Å². The molecular formula is C12H12N2O2. The van der Waals surface area contributed by atoms with Crippen LogP contribution < -0.4 is 10.1 Å². The molecule has 0 saturated carbocycles. The quantitative estimate of drug-likeness (QED) is 0.829. The Morgan fingerprint density at radius 2 is 2.12 bits per heavy atom. The summed E-state index contributed by atoms with van der Waals surface area (Å²) >= 11 is 0. The van der Waals surface area contributed by atoms with Crippen molar-refractivity contribution in [1.29, 1.82) is 0 Å². The summed E-state index contributed by atoms with van der Waals surface area (Å²) < 4.78 is 5.03. The summed E-state index contributed by atoms with van der Waals surface area (Å²) in [5, 5.41) is 3.50. The van der Waals surface area contributed by atoms with Gasteiger partial charge in [-0.15, -0.1) is 0 Å². The van der Waals surface area contributed by atoms with Crippen LogP contribution in [0.25, 0.3) is 10.9 Å². The van der Waals surface area contributed by atoms with Gasteiger partial charge in [-0.25, -0.2) is 4.98 Å². The number of hydrogen-bond acceptors (Lipinski definition) is 3. The largest absolute Gasteiger partial charge is 0.481 e. The van der Waals surface area contributed by atoms with E-state index < -0.39 is 0 Å². The Labute approximate surface area is 93.3 Å². The van der Waals surface area contributed by atoms with Crippen LogP contribution in [0, 0.1) is 0 Å². The summed E-state index contributed by atoms with van der Waals surface area (Å²) in [4.78, 5) is 15.7. The van der Waals surface area contributed by atoms with Crippen LogP contribution in [0.1, 0.15) is 10.4 Å². The van der Waals surface area contributed by atoms with Crippen molar-refractivity contribution in [2.75, 3.05) is 14.2 Å². The highest BCUT2D eigenvalue weighted by Gasteiger charge is 2.04. The van der Waals surface area contributed by atoms with Gasteiger partial charge in [-0.2, -0.15) is 0 Å². The molecule has 0 aliphatic carbocycles. The van der Waals surface area contributed by atoms with Crippen molar-refractivity contribution < 1.29 is 9.53 Å². The molecule has 0 spiro atoms. The molecule has 16 heavy (non-hydrogen) atoms. The van der Waals surface area contributed by atoms with Gasteiger partial charge >= 0.3 is 0 Å². The van der Waals surface area contributed by atoms with E-state index in [1.165, 1.54) is 0 Å². The fourth-order valence-electron chi connectivity index (χ4n) is 1.51. The van der Waals surface area contributed by atoms with Crippen LogP contribution in [0.4, 0.5) is 0 Å². The number of nitrogens with zero attached hydrogens (tertiary/aromatic N) is 1. The monoisotopic (exact) mass is 216 g/mol. The smallest absolute Gasteiger partial charge is 0.251 e. The Hall–Kier alpha value is -2.10. The molecule has 82 valence electrons. The number of carbonyl (C=O) groups excluding carboxylic acids is 1. The van der Waals surface area contributed by atoms with Crippen molar-refractivity contribution in [1.82, 2.24) is 10.3 Å². The van der Waals surface area contributed by atoms with E-state index in [1.807, 2.05) is 12.1 Å². The highest BCUT2D eigenvalue weighted by molar-refractivity contribution is 5.97. The lowest BCUT2D eigenvalue weighted by molar-refractivity contribution is 0.0963. The number of methoxy groups -OCH3 is 1. The first-order valence-corrected chi connectivity index (χ1v) is 4.91. The first-order chi connectivity index (χ1) is 7.74. The number of amides is 1. The van der Waals surface area contributed by atoms with Crippen LogP contribution in [-0.4, -0.2) is 25.0 Å². The second kappa shape index (κ2) is 4.18. The van der Waals surface area contributed by atoms with Crippen LogP contribution in [0.3, 0.4) is 0 Å². The third kappa shape index (κ3) is 1.82. The highest BCUT2D eigenvalue weighted by atomic mass is 16.5. The van der Waals surface area contributed by atoms with Gasteiger partial charge in [-0.05, 0) is 24.3 Å². The van der Waals surface area contributed by atoms with Gasteiger partial charge in [0.15, 0.2) is 0 Å². The molecule has 2 rings (SSSR count). The molecule has 1 aromatic carbocycles. The minimum atomic E-state index is -0.0993. The van der Waals surface area contributed by atoms with Crippen molar-refractivity contribution in [3.63, 3.8) is 0 Å². The minimum absolute atomic E-state index is 0.0993. The second-order valence-corrected chi connectivity index (χ2v) is 3.34. The molecule has 1 amide bonds. The van der Waals surface area contributed by atoms with Gasteiger partial charge in [0.05, 0.1) is 12.6 Å². The van der Waals surface area contributed by atoms with E-state index in [-0.39, 0.29) is 5.91 Å². The third-order valence-corrected chi connectivity index (χ3v) is 2.36. The van der Waals surface area contributed by atoms with Crippen LogP contribution in [0.5, 0.6) is 5.88 Å². The van der Waals surface area contributed by atoms with E-state index in [4.69, 9.17) is 4.74 Å². The van der Waals surface area contributed by atoms with Crippen molar-refractivity contribution >= 4 is 16.8 Å². The van der Waals surface area contributed by atoms with Crippen molar-refractivity contribution in [2.24, 2.45) is 0 Å². The highest BCUT2D eigenvalue weighted by Crippen LogP contribution is 2.17. The molecular weight excluding hydrogens is 204 g/mol. The Morgan fingerprint density at radius 1 is 1.31 bits per heavy atom. The molecule has 1 heterocycles. The molecule has 0 unspecified atom stereocenters. The van der Waals surface area contributed by atoms with Crippen molar-refractivity contribution in [3.05, 3.63) is 35.9 Å². The van der Waals surface area contributed by atoms with Gasteiger partial charge in [0.1, 0.15) is 0 Å². The Balaban J connectivity index is 2.51. The second-order valence-electron chi connectivity index (χ2n) is 3.34. The van der Waals surface area contributed by atoms with Gasteiger partial charge in [-0.1, -0.05) is 0 Å². The lowest BCUT2D eigenvalue weighted by atomic mass is 10.1. The number of rotatable bonds is 2. The van der Waals surface area contributed by atoms with Crippen molar-refractivity contribution in [3.8, 4) is 5.88 Å². The number of benzene rings is 1. The summed E-state index contributed by atoms with van der Waals surface area (Å²) in [5.41, 5.74) is 1.44. The van der Waals surface area contributed by atoms with Crippen molar-refractivity contribution in [2.45, 2.75) is 0 Å². The molecule has 0 aliphatic rings. The number of aromatic nitrogens is 1. The third-order valence-electron chi connectivity index (χ3n) is 2.36. The Morgan fingerprint density at radius 3 is 2.81 bits per heavy atom. The molecule has 2 aromatic rings. The van der Waals surface area contributed by atoms with E-state index in [0.717, 1.165) is 10.9 Å². The van der Waals surface area contributed by atoms with Crippen LogP contribution in [0.2, 0.25) is 0 Å². The summed E-state index contributed by atoms with van der Waals surface area (Å²) in [6.45, 7) is 0. The average Bonchev–Trinajstić information content (AvgIpc) is 2.36. The van der Waals surface area contributed by atoms with E-state index in [0.29, 0.717) is 11.4 Å². The standard InChI is InChI=1S/C12H12N2O2/c1-13-12(15)9-3-5-10-8(7-9)4-6-11(14-10)16-2/h3-7H,1-2H3,(H,13,15). The zero-order valence-electron chi connectivity index (χ0n) is 9.15. The van der Waals surface area contributed by atoms with Gasteiger partial charge < -0.3 is 10.1 Å². The predicted octanol–water partition coefficient (Wildman–Crippen LogP) is 1.60. The molecule has 0 radical (unpaired) electrons. The molecule has 1 N–H and O–H groups in total. The zero-order chi connectivity index (χ0) is 11.5. The first-order valence-electron chi connectivity index (χ1n) is 4.91. The zero-order valence-corrected chi connectivity index (χ0v) is 9.15. The maximum Gasteiger partial charge on any atom is 0.251 e. The number of nitrogens with one attached hydrogen (secondary N) is 1. The number of hydrogen-bond donors (Lipinski definition) is 1. The molecule has 0 saturated heterocycles. The summed E-state index contributed by atoms with van der Waals surface area (Å²) in [7, 11) is 3.19. The van der Waals surface area contributed by atoms with Crippen LogP contribution in [0.15, 0.2) is 30.3 Å². The van der Waals surface area contributed by atoms with E-state index >= 15 is 0 Å². The van der Waals surface area contributed by atoms with Gasteiger partial charge in [0.25, 0.3) is 5.91 Å². The normalized spacial score (nSPS) is 10.1. The summed E-state index contributed by atoms with van der Waals surface area (Å²) in [5.74, 6) is 0.470. The number of ether oxygens (including phenoxy) is 1. The fraction of sp³-hybridized carbons (Fsp3) is 0.167. The Bertz CT molecular complexity index is 538. The van der Waals surface area contributed by atoms with Gasteiger partial charge in [-0.3, -0.25) is 4.79 Å². The van der Waals surface area contributed by atoms with Gasteiger partial charge in [0.2, 0.25) is 5.88 Å². The molecule has 0 fully saturated rings. The lowest BCUT2D eigenvalue weighted by Crippen LogP contribution is -2.17. The minimum Gasteiger partial charge on any atom is -0.481 e. The van der Waals surface area contributed by atoms with E-state index in [9.17, 15) is 4.79 Å². The summed E-state index contributed by atoms with van der Waals surface area (Å²) in [6, 6.07) is 9.01. The Kier molecular flexibility index (Phi) is 2.72. The van der Waals surface area contributed by atoms with Crippen LogP contribution in [-0.2, 0) is 0 Å². The SMILES string of the molecule is CNC(=O)c1ccc2nc(OC)ccc2c1. The van der Waals surface area contributed by atoms with E-state index in [2.05, 4.69) is 10.3 Å². The maximum absolute atomic E-state index is 11.4. The molecule has 0 atom stereocenters. The summed E-state index contributed by atoms with van der Waals surface area (Å²) in [6.07, 6.45) is 0. The molecule has 4 heteroatoms. The molecule has 0 bridgehead atoms. The number of carbonyl (C=O) groups is 1. The molecule has 4 nitrogen and oxygen atoms in total. The topological polar surface area (TPSA) is 51.2 Å². The number of fused-ring (bicyclic) bond motifs is 1.